The summed E-state index contributed by atoms with van der Waals surface area (Å²) >= 11 is 3.46. The molecule has 0 bridgehead atoms. The Hall–Kier alpha value is -2.88. The van der Waals surface area contributed by atoms with Gasteiger partial charge in [-0.05, 0) is 61.7 Å². The summed E-state index contributed by atoms with van der Waals surface area (Å²) in [5.74, 6) is 0.560. The van der Waals surface area contributed by atoms with Crippen LogP contribution < -0.4 is 10.5 Å². The van der Waals surface area contributed by atoms with Crippen LogP contribution in [0.1, 0.15) is 27.9 Å². The third kappa shape index (κ3) is 2.93. The van der Waals surface area contributed by atoms with Crippen molar-refractivity contribution in [2.45, 2.75) is 27.0 Å². The first kappa shape index (κ1) is 18.5. The lowest BCUT2D eigenvalue weighted by Crippen LogP contribution is -2.33. The van der Waals surface area contributed by atoms with Gasteiger partial charge in [0.1, 0.15) is 6.07 Å². The number of nitrogens with two attached hydrogens (primary N) is 1. The van der Waals surface area contributed by atoms with Gasteiger partial charge in [0, 0.05) is 10.0 Å². The van der Waals surface area contributed by atoms with Gasteiger partial charge in [0.2, 0.25) is 5.88 Å². The summed E-state index contributed by atoms with van der Waals surface area (Å²) in [6, 6.07) is 16.2. The number of nitriles is 1. The van der Waals surface area contributed by atoms with Gasteiger partial charge in [-0.2, -0.15) is 10.4 Å². The van der Waals surface area contributed by atoms with Gasteiger partial charge in [0.25, 0.3) is 0 Å². The number of hydrogen-bond acceptors (Lipinski definition) is 4. The van der Waals surface area contributed by atoms with Crippen molar-refractivity contribution in [2.75, 3.05) is 0 Å². The monoisotopic (exact) mass is 434 g/mol. The lowest BCUT2D eigenvalue weighted by Gasteiger charge is -2.25. The molecule has 0 radical (unpaired) electrons. The Morgan fingerprint density at radius 2 is 1.82 bits per heavy atom. The van der Waals surface area contributed by atoms with Crippen LogP contribution in [0.25, 0.3) is 11.3 Å². The summed E-state index contributed by atoms with van der Waals surface area (Å²) < 4.78 is 8.71. The van der Waals surface area contributed by atoms with Crippen LogP contribution in [-0.4, -0.2) is 16.0 Å². The van der Waals surface area contributed by atoms with Crippen LogP contribution in [0.2, 0.25) is 0 Å². The van der Waals surface area contributed by atoms with E-state index in [1.165, 1.54) is 11.1 Å². The van der Waals surface area contributed by atoms with Gasteiger partial charge < -0.3 is 4.74 Å². The summed E-state index contributed by atoms with van der Waals surface area (Å²) in [4.78, 5) is 0. The zero-order valence-corrected chi connectivity index (χ0v) is 17.4. The number of hydrogen-bond donors (Lipinski definition) is 1. The highest BCUT2D eigenvalue weighted by Crippen LogP contribution is 2.42. The first-order valence-electron chi connectivity index (χ1n) is 8.90. The van der Waals surface area contributed by atoms with E-state index >= 15 is 0 Å². The molecule has 0 spiro atoms. The van der Waals surface area contributed by atoms with Gasteiger partial charge >= 0.3 is 0 Å². The van der Waals surface area contributed by atoms with Crippen LogP contribution in [0, 0.1) is 32.1 Å². The highest BCUT2D eigenvalue weighted by atomic mass is 79.9. The third-order valence-corrected chi connectivity index (χ3v) is 5.58. The number of halogens is 1. The molecule has 0 saturated carbocycles. The highest BCUT2D eigenvalue weighted by molar-refractivity contribution is 9.10. The molecule has 0 fully saturated rings. The van der Waals surface area contributed by atoms with Crippen molar-refractivity contribution in [1.29, 1.82) is 5.26 Å². The minimum Gasteiger partial charge on any atom is -0.453 e. The van der Waals surface area contributed by atoms with E-state index in [4.69, 9.17) is 15.6 Å². The van der Waals surface area contributed by atoms with E-state index in [1.807, 2.05) is 37.3 Å². The quantitative estimate of drug-likeness (QED) is 0.640. The first-order chi connectivity index (χ1) is 13.4. The number of fused-ring (bicyclic) bond motifs is 1. The molecule has 0 amide bonds. The lowest BCUT2D eigenvalue weighted by molar-refractivity contribution is 0.228. The Kier molecular flexibility index (Phi) is 4.58. The zero-order chi connectivity index (χ0) is 20.0. The minimum atomic E-state index is -0.849. The molecule has 140 valence electrons. The predicted octanol–water partition coefficient (Wildman–Crippen LogP) is 4.56. The molecule has 2 N–H and O–H groups in total. The number of aromatic nitrogens is 2. The van der Waals surface area contributed by atoms with Crippen LogP contribution in [0.3, 0.4) is 0 Å². The zero-order valence-electron chi connectivity index (χ0n) is 15.8. The van der Waals surface area contributed by atoms with Gasteiger partial charge in [-0.25, -0.2) is 4.68 Å². The molecule has 1 aliphatic rings. The summed E-state index contributed by atoms with van der Waals surface area (Å²) in [6.45, 7) is 6.06. The highest BCUT2D eigenvalue weighted by Gasteiger charge is 2.33. The standard InChI is InChI=1S/C22H19BrN4O/c1-12-4-9-17(10-13(12)2)27-22-19(14(3)26-27)20(18(11-24)21(25)28-22)15-5-7-16(23)8-6-15/h4-10,21H,25H2,1-3H3. The molecule has 6 heteroatoms. The number of benzene rings is 2. The maximum Gasteiger partial charge on any atom is 0.226 e. The smallest absolute Gasteiger partial charge is 0.226 e. The molecule has 1 atom stereocenters. The van der Waals surface area contributed by atoms with Crippen LogP contribution >= 0.6 is 15.9 Å². The molecule has 0 aliphatic carbocycles. The normalized spacial score (nSPS) is 15.8. The number of nitrogens with zero attached hydrogens (tertiary/aromatic N) is 3. The Labute approximate surface area is 172 Å². The van der Waals surface area contributed by atoms with Crippen molar-refractivity contribution >= 4 is 21.5 Å². The second kappa shape index (κ2) is 6.93. The second-order valence-corrected chi connectivity index (χ2v) is 7.81. The topological polar surface area (TPSA) is 76.9 Å². The van der Waals surface area contributed by atoms with E-state index in [1.54, 1.807) is 4.68 Å². The Morgan fingerprint density at radius 1 is 1.11 bits per heavy atom. The molecule has 3 aromatic rings. The summed E-state index contributed by atoms with van der Waals surface area (Å²) in [5, 5.41) is 14.5. The minimum absolute atomic E-state index is 0.401. The van der Waals surface area contributed by atoms with Crippen molar-refractivity contribution in [3.05, 3.63) is 80.5 Å². The van der Waals surface area contributed by atoms with E-state index < -0.39 is 6.23 Å². The van der Waals surface area contributed by atoms with Crippen LogP contribution in [0.4, 0.5) is 0 Å². The average Bonchev–Trinajstić information content (AvgIpc) is 2.99. The van der Waals surface area contributed by atoms with Crippen molar-refractivity contribution in [2.24, 2.45) is 5.73 Å². The van der Waals surface area contributed by atoms with E-state index in [0.29, 0.717) is 11.5 Å². The molecule has 1 aliphatic heterocycles. The largest absolute Gasteiger partial charge is 0.453 e. The maximum atomic E-state index is 9.75. The Bertz CT molecular complexity index is 1150. The van der Waals surface area contributed by atoms with Gasteiger partial charge in [-0.3, -0.25) is 5.73 Å². The summed E-state index contributed by atoms with van der Waals surface area (Å²) in [5.41, 5.74) is 13.2. The molecule has 28 heavy (non-hydrogen) atoms. The van der Waals surface area contributed by atoms with Crippen molar-refractivity contribution < 1.29 is 4.74 Å². The molecular weight excluding hydrogens is 416 g/mol. The second-order valence-electron chi connectivity index (χ2n) is 6.89. The van der Waals surface area contributed by atoms with E-state index in [2.05, 4.69) is 48.0 Å². The van der Waals surface area contributed by atoms with E-state index in [-0.39, 0.29) is 0 Å². The fourth-order valence-corrected chi connectivity index (χ4v) is 3.69. The maximum absolute atomic E-state index is 9.75. The third-order valence-electron chi connectivity index (χ3n) is 5.05. The van der Waals surface area contributed by atoms with Crippen LogP contribution in [-0.2, 0) is 0 Å². The number of ether oxygens (including phenoxy) is 1. The van der Waals surface area contributed by atoms with Crippen molar-refractivity contribution in [1.82, 2.24) is 9.78 Å². The fourth-order valence-electron chi connectivity index (χ4n) is 3.43. The predicted molar refractivity (Wildman–Crippen MR) is 112 cm³/mol. The first-order valence-corrected chi connectivity index (χ1v) is 9.70. The Balaban J connectivity index is 1.97. The van der Waals surface area contributed by atoms with E-state index in [9.17, 15) is 5.26 Å². The average molecular weight is 435 g/mol. The Morgan fingerprint density at radius 3 is 2.46 bits per heavy atom. The molecule has 5 nitrogen and oxygen atoms in total. The molecule has 2 aromatic carbocycles. The SMILES string of the molecule is Cc1ccc(-n2nc(C)c3c2OC(N)C(C#N)=C3c2ccc(Br)cc2)cc1C. The molecule has 1 aromatic heterocycles. The van der Waals surface area contributed by atoms with Gasteiger partial charge in [0.05, 0.1) is 22.5 Å². The number of rotatable bonds is 2. The van der Waals surface area contributed by atoms with Gasteiger partial charge in [-0.1, -0.05) is 34.1 Å². The summed E-state index contributed by atoms with van der Waals surface area (Å²) in [7, 11) is 0. The van der Waals surface area contributed by atoms with Gasteiger partial charge in [-0.15, -0.1) is 0 Å². The molecule has 4 rings (SSSR count). The number of aryl methyl sites for hydroxylation is 3. The van der Waals surface area contributed by atoms with Crippen molar-refractivity contribution in [3.63, 3.8) is 0 Å². The molecule has 0 saturated heterocycles. The van der Waals surface area contributed by atoms with Crippen molar-refractivity contribution in [3.8, 4) is 17.6 Å². The summed E-state index contributed by atoms with van der Waals surface area (Å²) in [6.07, 6.45) is -0.849. The molecule has 2 heterocycles. The fraction of sp³-hybridized carbons (Fsp3) is 0.182. The molecular formula is C22H19BrN4O. The lowest BCUT2D eigenvalue weighted by atomic mass is 9.91. The molecule has 1 unspecified atom stereocenters. The van der Waals surface area contributed by atoms with E-state index in [0.717, 1.165) is 32.6 Å². The van der Waals surface area contributed by atoms with Gasteiger partial charge in [0.15, 0.2) is 6.23 Å². The van der Waals surface area contributed by atoms with Crippen LogP contribution in [0.5, 0.6) is 5.88 Å². The van der Waals surface area contributed by atoms with Crippen LogP contribution in [0.15, 0.2) is 52.5 Å².